The lowest BCUT2D eigenvalue weighted by Crippen LogP contribution is -2.37. The topological polar surface area (TPSA) is 70.8 Å². The van der Waals surface area contributed by atoms with E-state index in [1.807, 2.05) is 13.8 Å². The second kappa shape index (κ2) is 5.47. The Hall–Kier alpha value is -1.78. The molecule has 0 bridgehead atoms. The zero-order valence-electron chi connectivity index (χ0n) is 11.3. The largest absolute Gasteiger partial charge is 0.480 e. The minimum absolute atomic E-state index is 0.0591. The van der Waals surface area contributed by atoms with Crippen molar-refractivity contribution in [2.75, 3.05) is 6.54 Å². The lowest BCUT2D eigenvalue weighted by Gasteiger charge is -2.18. The number of carboxylic acid groups (broad SMARTS) is 1. The third-order valence-electron chi connectivity index (χ3n) is 3.36. The monoisotopic (exact) mass is 265 g/mol. The van der Waals surface area contributed by atoms with Crippen molar-refractivity contribution >= 4 is 11.9 Å². The third kappa shape index (κ3) is 2.97. The fraction of sp³-hybridized carbons (Fsp3) is 0.571. The number of rotatable bonds is 6. The van der Waals surface area contributed by atoms with Crippen molar-refractivity contribution in [2.45, 2.75) is 45.6 Å². The summed E-state index contributed by atoms with van der Waals surface area (Å²) < 4.78 is 5.57. The van der Waals surface area contributed by atoms with Crippen LogP contribution in [0.1, 0.15) is 48.6 Å². The minimum Gasteiger partial charge on any atom is -0.480 e. The van der Waals surface area contributed by atoms with Gasteiger partial charge in [-0.1, -0.05) is 13.8 Å². The van der Waals surface area contributed by atoms with E-state index in [1.54, 1.807) is 6.07 Å². The van der Waals surface area contributed by atoms with Crippen LogP contribution in [0.2, 0.25) is 0 Å². The van der Waals surface area contributed by atoms with Gasteiger partial charge in [0.1, 0.15) is 12.3 Å². The Labute approximate surface area is 112 Å². The molecule has 1 fully saturated rings. The molecule has 1 amide bonds. The van der Waals surface area contributed by atoms with Crippen LogP contribution in [0.5, 0.6) is 0 Å². The molecule has 1 saturated carbocycles. The molecule has 1 aromatic heterocycles. The Morgan fingerprint density at radius 2 is 2.05 bits per heavy atom. The molecule has 1 N–H and O–H groups in total. The number of carbonyl (C=O) groups excluding carboxylic acids is 1. The summed E-state index contributed by atoms with van der Waals surface area (Å²) in [6.45, 7) is 3.73. The summed E-state index contributed by atoms with van der Waals surface area (Å²) in [6, 6.07) is 1.81. The second-order valence-corrected chi connectivity index (χ2v) is 4.82. The van der Waals surface area contributed by atoms with Gasteiger partial charge >= 0.3 is 5.97 Å². The molecule has 0 unspecified atom stereocenters. The molecule has 0 aromatic carbocycles. The molecule has 0 aliphatic heterocycles. The van der Waals surface area contributed by atoms with E-state index in [-0.39, 0.29) is 24.3 Å². The minimum atomic E-state index is -0.988. The molecule has 1 heterocycles. The van der Waals surface area contributed by atoms with Crippen molar-refractivity contribution in [3.8, 4) is 0 Å². The highest BCUT2D eigenvalue weighted by Gasteiger charge is 2.35. The quantitative estimate of drug-likeness (QED) is 0.855. The predicted octanol–water partition coefficient (Wildman–Crippen LogP) is 2.09. The molecule has 2 rings (SSSR count). The number of hydrogen-bond acceptors (Lipinski definition) is 3. The van der Waals surface area contributed by atoms with Crippen LogP contribution in [-0.2, 0) is 17.6 Å². The Kier molecular flexibility index (Phi) is 3.93. The molecule has 0 spiro atoms. The van der Waals surface area contributed by atoms with Crippen LogP contribution in [0.15, 0.2) is 10.5 Å². The van der Waals surface area contributed by atoms with Crippen LogP contribution >= 0.6 is 0 Å². The molecule has 1 aliphatic rings. The average Bonchev–Trinajstić information content (AvgIpc) is 3.13. The highest BCUT2D eigenvalue weighted by molar-refractivity contribution is 5.94. The van der Waals surface area contributed by atoms with Gasteiger partial charge in [0.2, 0.25) is 0 Å². The molecular weight excluding hydrogens is 246 g/mol. The Balaban J connectivity index is 2.21. The van der Waals surface area contributed by atoms with Gasteiger partial charge in [-0.25, -0.2) is 0 Å². The van der Waals surface area contributed by atoms with E-state index in [2.05, 4.69) is 0 Å². The Morgan fingerprint density at radius 1 is 1.37 bits per heavy atom. The van der Waals surface area contributed by atoms with Crippen molar-refractivity contribution in [3.63, 3.8) is 0 Å². The number of aryl methyl sites for hydroxylation is 2. The van der Waals surface area contributed by atoms with Crippen molar-refractivity contribution in [1.29, 1.82) is 0 Å². The Morgan fingerprint density at radius 3 is 2.47 bits per heavy atom. The first-order valence-corrected chi connectivity index (χ1v) is 6.71. The third-order valence-corrected chi connectivity index (χ3v) is 3.36. The molecular formula is C14H19NO4. The average molecular weight is 265 g/mol. The highest BCUT2D eigenvalue weighted by Crippen LogP contribution is 2.29. The summed E-state index contributed by atoms with van der Waals surface area (Å²) in [5.41, 5.74) is 1.02. The maximum absolute atomic E-state index is 12.3. The molecule has 0 atom stereocenters. The summed E-state index contributed by atoms with van der Waals surface area (Å²) >= 11 is 0. The summed E-state index contributed by atoms with van der Waals surface area (Å²) in [5, 5.41) is 8.88. The van der Waals surface area contributed by atoms with E-state index in [4.69, 9.17) is 9.52 Å². The van der Waals surface area contributed by atoms with Gasteiger partial charge in [0.15, 0.2) is 5.76 Å². The summed E-state index contributed by atoms with van der Waals surface area (Å²) in [5.74, 6) is -0.212. The summed E-state index contributed by atoms with van der Waals surface area (Å²) in [6.07, 6.45) is 3.29. The number of carboxylic acids is 1. The number of hydrogen-bond donors (Lipinski definition) is 1. The maximum Gasteiger partial charge on any atom is 0.323 e. The van der Waals surface area contributed by atoms with Crippen LogP contribution in [0.3, 0.4) is 0 Å². The van der Waals surface area contributed by atoms with Crippen molar-refractivity contribution in [2.24, 2.45) is 0 Å². The number of furan rings is 1. The number of amides is 1. The number of nitrogens with zero attached hydrogens (tertiary/aromatic N) is 1. The van der Waals surface area contributed by atoms with Crippen molar-refractivity contribution in [3.05, 3.63) is 23.2 Å². The molecule has 1 aliphatic carbocycles. The van der Waals surface area contributed by atoms with Gasteiger partial charge in [0.05, 0.1) is 0 Å². The van der Waals surface area contributed by atoms with Gasteiger partial charge in [0, 0.05) is 12.5 Å². The lowest BCUT2D eigenvalue weighted by molar-refractivity contribution is -0.137. The van der Waals surface area contributed by atoms with E-state index < -0.39 is 5.97 Å². The maximum atomic E-state index is 12.3. The van der Waals surface area contributed by atoms with Crippen LogP contribution in [-0.4, -0.2) is 34.5 Å². The van der Waals surface area contributed by atoms with E-state index in [1.165, 1.54) is 4.90 Å². The van der Waals surface area contributed by atoms with E-state index >= 15 is 0 Å². The van der Waals surface area contributed by atoms with Gasteiger partial charge in [-0.15, -0.1) is 0 Å². The highest BCUT2D eigenvalue weighted by atomic mass is 16.4. The zero-order chi connectivity index (χ0) is 14.0. The van der Waals surface area contributed by atoms with E-state index in [0.717, 1.165) is 37.0 Å². The summed E-state index contributed by atoms with van der Waals surface area (Å²) in [4.78, 5) is 24.6. The van der Waals surface area contributed by atoms with Crippen LogP contribution in [0.4, 0.5) is 0 Å². The first-order chi connectivity index (χ1) is 9.06. The Bertz CT molecular complexity index is 466. The van der Waals surface area contributed by atoms with Crippen molar-refractivity contribution < 1.29 is 19.1 Å². The van der Waals surface area contributed by atoms with Crippen LogP contribution in [0.25, 0.3) is 0 Å². The summed E-state index contributed by atoms with van der Waals surface area (Å²) in [7, 11) is 0. The number of aliphatic carboxylic acids is 1. The van der Waals surface area contributed by atoms with E-state index in [9.17, 15) is 9.59 Å². The first kappa shape index (κ1) is 13.6. The van der Waals surface area contributed by atoms with Gasteiger partial charge in [0.25, 0.3) is 5.91 Å². The molecule has 104 valence electrons. The molecule has 19 heavy (non-hydrogen) atoms. The van der Waals surface area contributed by atoms with Crippen LogP contribution in [0, 0.1) is 0 Å². The SMILES string of the molecule is CCc1cc(C(=O)N(CC(=O)O)C2CC2)oc1CC. The molecule has 5 nitrogen and oxygen atoms in total. The molecule has 0 radical (unpaired) electrons. The van der Waals surface area contributed by atoms with Gasteiger partial charge < -0.3 is 14.4 Å². The fourth-order valence-corrected chi connectivity index (χ4v) is 2.21. The fourth-order valence-electron chi connectivity index (χ4n) is 2.21. The normalized spacial score (nSPS) is 14.4. The second-order valence-electron chi connectivity index (χ2n) is 4.82. The van der Waals surface area contributed by atoms with Gasteiger partial charge in [-0.2, -0.15) is 0 Å². The molecule has 0 saturated heterocycles. The smallest absolute Gasteiger partial charge is 0.323 e. The first-order valence-electron chi connectivity index (χ1n) is 6.71. The molecule has 5 heteroatoms. The van der Waals surface area contributed by atoms with E-state index in [0.29, 0.717) is 0 Å². The molecule has 1 aromatic rings. The number of carbonyl (C=O) groups is 2. The zero-order valence-corrected chi connectivity index (χ0v) is 11.3. The lowest BCUT2D eigenvalue weighted by atomic mass is 10.1. The standard InChI is InChI=1S/C14H19NO4/c1-3-9-7-12(19-11(9)4-2)14(18)15(8-13(16)17)10-5-6-10/h7,10H,3-6,8H2,1-2H3,(H,16,17). The van der Waals surface area contributed by atoms with Gasteiger partial charge in [-0.05, 0) is 30.9 Å². The predicted molar refractivity (Wildman–Crippen MR) is 69.2 cm³/mol. The van der Waals surface area contributed by atoms with Crippen molar-refractivity contribution in [1.82, 2.24) is 4.90 Å². The van der Waals surface area contributed by atoms with Crippen LogP contribution < -0.4 is 0 Å². The van der Waals surface area contributed by atoms with Gasteiger partial charge in [-0.3, -0.25) is 9.59 Å².